The molecule has 2 N–H and O–H groups in total. The van der Waals surface area contributed by atoms with Gasteiger partial charge in [0.1, 0.15) is 0 Å². The largest absolute Gasteiger partial charge is 0.439 e. The molecule has 6 nitrogen and oxygen atoms in total. The van der Waals surface area contributed by atoms with Gasteiger partial charge in [0.2, 0.25) is 5.89 Å². The van der Waals surface area contributed by atoms with Crippen LogP contribution in [-0.2, 0) is 11.3 Å². The number of ether oxygens (including phenoxy) is 1. The third kappa shape index (κ3) is 6.88. The topological polar surface area (TPSA) is 71.7 Å². The van der Waals surface area contributed by atoms with E-state index < -0.39 is 0 Å². The smallest absolute Gasteiger partial charge is 0.214 e. The van der Waals surface area contributed by atoms with Gasteiger partial charge in [-0.1, -0.05) is 43.7 Å². The van der Waals surface area contributed by atoms with Crippen LogP contribution in [0.5, 0.6) is 0 Å². The molecule has 1 heterocycles. The third-order valence-corrected chi connectivity index (χ3v) is 3.73. The molecule has 6 heteroatoms. The zero-order valence-corrected chi connectivity index (χ0v) is 16.2. The average Bonchev–Trinajstić information content (AvgIpc) is 3.10. The van der Waals surface area contributed by atoms with Crippen molar-refractivity contribution >= 4 is 5.96 Å². The second kappa shape index (κ2) is 10.6. The van der Waals surface area contributed by atoms with Gasteiger partial charge in [0.25, 0.3) is 0 Å². The molecular weight excluding hydrogens is 328 g/mol. The summed E-state index contributed by atoms with van der Waals surface area (Å²) >= 11 is 0. The number of hydrogen-bond acceptors (Lipinski definition) is 4. The molecule has 0 aliphatic carbocycles. The Labute approximate surface area is 156 Å². The number of guanidine groups is 1. The number of benzene rings is 1. The highest BCUT2D eigenvalue weighted by Crippen LogP contribution is 2.20. The van der Waals surface area contributed by atoms with E-state index in [2.05, 4.69) is 53.5 Å². The number of oxazole rings is 1. The van der Waals surface area contributed by atoms with Crippen LogP contribution in [-0.4, -0.2) is 37.7 Å². The number of aryl methyl sites for hydroxylation is 1. The van der Waals surface area contributed by atoms with E-state index in [0.717, 1.165) is 43.5 Å². The van der Waals surface area contributed by atoms with Crippen molar-refractivity contribution in [1.29, 1.82) is 0 Å². The number of rotatable bonds is 9. The standard InChI is InChI=1S/C20H30N4O2/c1-15(2)14-25-11-5-10-22-20(21-4)24-13-19-23-12-18(26-19)17-8-6-16(3)7-9-17/h6-9,12,15H,5,10-11,13-14H2,1-4H3,(H2,21,22,24). The van der Waals surface area contributed by atoms with Crippen molar-refractivity contribution in [3.8, 4) is 11.3 Å². The van der Waals surface area contributed by atoms with Gasteiger partial charge in [-0.2, -0.15) is 0 Å². The fourth-order valence-corrected chi connectivity index (χ4v) is 2.32. The Morgan fingerprint density at radius 1 is 1.23 bits per heavy atom. The molecule has 0 fully saturated rings. The number of hydrogen-bond donors (Lipinski definition) is 2. The molecule has 0 saturated heterocycles. The normalized spacial score (nSPS) is 11.8. The minimum atomic E-state index is 0.482. The molecule has 0 unspecified atom stereocenters. The fourth-order valence-electron chi connectivity index (χ4n) is 2.32. The molecule has 142 valence electrons. The number of aromatic nitrogens is 1. The van der Waals surface area contributed by atoms with Crippen LogP contribution in [0.3, 0.4) is 0 Å². The Hall–Kier alpha value is -2.34. The molecular formula is C20H30N4O2. The van der Waals surface area contributed by atoms with Gasteiger partial charge >= 0.3 is 0 Å². The molecule has 1 aromatic carbocycles. The average molecular weight is 358 g/mol. The van der Waals surface area contributed by atoms with Crippen molar-refractivity contribution in [2.24, 2.45) is 10.9 Å². The second-order valence-electron chi connectivity index (χ2n) is 6.66. The van der Waals surface area contributed by atoms with Crippen molar-refractivity contribution in [2.75, 3.05) is 26.8 Å². The van der Waals surface area contributed by atoms with Crippen molar-refractivity contribution in [3.63, 3.8) is 0 Å². The summed E-state index contributed by atoms with van der Waals surface area (Å²) in [6.45, 7) is 9.21. The summed E-state index contributed by atoms with van der Waals surface area (Å²) in [6.07, 6.45) is 2.69. The van der Waals surface area contributed by atoms with Gasteiger partial charge in [0, 0.05) is 32.4 Å². The van der Waals surface area contributed by atoms with Crippen LogP contribution in [0.2, 0.25) is 0 Å². The van der Waals surface area contributed by atoms with Gasteiger partial charge in [-0.15, -0.1) is 0 Å². The summed E-state index contributed by atoms with van der Waals surface area (Å²) in [5.74, 6) is 2.70. The highest BCUT2D eigenvalue weighted by atomic mass is 16.5. The zero-order valence-electron chi connectivity index (χ0n) is 16.2. The molecule has 0 aliphatic heterocycles. The van der Waals surface area contributed by atoms with E-state index in [4.69, 9.17) is 9.15 Å². The van der Waals surface area contributed by atoms with Crippen molar-refractivity contribution in [1.82, 2.24) is 15.6 Å². The van der Waals surface area contributed by atoms with Gasteiger partial charge in [0.15, 0.2) is 11.7 Å². The SMILES string of the molecule is CN=C(NCCCOCC(C)C)NCc1ncc(-c2ccc(C)cc2)o1. The maximum atomic E-state index is 5.81. The van der Waals surface area contributed by atoms with Gasteiger partial charge < -0.3 is 19.8 Å². The molecule has 0 spiro atoms. The first kappa shape index (κ1) is 20.0. The first-order valence-corrected chi connectivity index (χ1v) is 9.12. The van der Waals surface area contributed by atoms with Crippen molar-refractivity contribution < 1.29 is 9.15 Å². The van der Waals surface area contributed by atoms with Crippen LogP contribution in [0.25, 0.3) is 11.3 Å². The zero-order chi connectivity index (χ0) is 18.8. The first-order valence-electron chi connectivity index (χ1n) is 9.12. The molecule has 0 radical (unpaired) electrons. The van der Waals surface area contributed by atoms with E-state index in [9.17, 15) is 0 Å². The minimum absolute atomic E-state index is 0.482. The molecule has 0 amide bonds. The quantitative estimate of drug-likeness (QED) is 0.408. The number of nitrogens with zero attached hydrogens (tertiary/aromatic N) is 2. The van der Waals surface area contributed by atoms with Crippen LogP contribution in [0.15, 0.2) is 39.9 Å². The summed E-state index contributed by atoms with van der Waals surface area (Å²) in [4.78, 5) is 8.53. The molecule has 1 aromatic heterocycles. The van der Waals surface area contributed by atoms with Gasteiger partial charge in [-0.25, -0.2) is 4.98 Å². The van der Waals surface area contributed by atoms with Crippen molar-refractivity contribution in [3.05, 3.63) is 41.9 Å². The molecule has 0 aliphatic rings. The Morgan fingerprint density at radius 3 is 2.69 bits per heavy atom. The molecule has 0 saturated carbocycles. The lowest BCUT2D eigenvalue weighted by atomic mass is 10.1. The van der Waals surface area contributed by atoms with E-state index >= 15 is 0 Å². The Bertz CT molecular complexity index is 677. The van der Waals surface area contributed by atoms with Crippen LogP contribution in [0.1, 0.15) is 31.7 Å². The molecule has 0 bridgehead atoms. The lowest BCUT2D eigenvalue weighted by molar-refractivity contribution is 0.108. The predicted octanol–water partition coefficient (Wildman–Crippen LogP) is 3.38. The highest BCUT2D eigenvalue weighted by Gasteiger charge is 2.07. The fraction of sp³-hybridized carbons (Fsp3) is 0.500. The van der Waals surface area contributed by atoms with Gasteiger partial charge in [-0.3, -0.25) is 4.99 Å². The van der Waals surface area contributed by atoms with Crippen molar-refractivity contribution in [2.45, 2.75) is 33.7 Å². The minimum Gasteiger partial charge on any atom is -0.439 e. The lowest BCUT2D eigenvalue weighted by Crippen LogP contribution is -2.37. The molecule has 0 atom stereocenters. The number of nitrogens with one attached hydrogen (secondary N) is 2. The summed E-state index contributed by atoms with van der Waals surface area (Å²) < 4.78 is 11.4. The summed E-state index contributed by atoms with van der Waals surface area (Å²) in [5, 5.41) is 6.47. The molecule has 2 aromatic rings. The van der Waals surface area contributed by atoms with Crippen LogP contribution >= 0.6 is 0 Å². The predicted molar refractivity (Wildman–Crippen MR) is 105 cm³/mol. The first-order chi connectivity index (χ1) is 12.6. The van der Waals surface area contributed by atoms with E-state index in [1.165, 1.54) is 5.56 Å². The van der Waals surface area contributed by atoms with Crippen LogP contribution < -0.4 is 10.6 Å². The van der Waals surface area contributed by atoms with Crippen LogP contribution in [0, 0.1) is 12.8 Å². The molecule has 2 rings (SSSR count). The Morgan fingerprint density at radius 2 is 2.00 bits per heavy atom. The second-order valence-corrected chi connectivity index (χ2v) is 6.66. The Kier molecular flexibility index (Phi) is 8.15. The Balaban J connectivity index is 1.72. The maximum Gasteiger partial charge on any atom is 0.214 e. The third-order valence-electron chi connectivity index (χ3n) is 3.73. The summed E-state index contributed by atoms with van der Waals surface area (Å²) in [7, 11) is 1.75. The van der Waals surface area contributed by atoms with Crippen LogP contribution in [0.4, 0.5) is 0 Å². The van der Waals surface area contributed by atoms with E-state index in [1.807, 2.05) is 12.1 Å². The highest BCUT2D eigenvalue weighted by molar-refractivity contribution is 5.79. The summed E-state index contributed by atoms with van der Waals surface area (Å²) in [5.41, 5.74) is 2.25. The number of aliphatic imine (C=N–C) groups is 1. The van der Waals surface area contributed by atoms with Gasteiger partial charge in [-0.05, 0) is 19.3 Å². The van der Waals surface area contributed by atoms with Gasteiger partial charge in [0.05, 0.1) is 12.7 Å². The monoisotopic (exact) mass is 358 g/mol. The lowest BCUT2D eigenvalue weighted by Gasteiger charge is -2.11. The van der Waals surface area contributed by atoms with E-state index in [-0.39, 0.29) is 0 Å². The van der Waals surface area contributed by atoms with E-state index in [1.54, 1.807) is 13.2 Å². The maximum absolute atomic E-state index is 5.81. The summed E-state index contributed by atoms with van der Waals surface area (Å²) in [6, 6.07) is 8.20. The molecule has 26 heavy (non-hydrogen) atoms. The van der Waals surface area contributed by atoms with E-state index in [0.29, 0.717) is 18.4 Å².